The van der Waals surface area contributed by atoms with Gasteiger partial charge in [0.05, 0.1) is 17.9 Å². The lowest BCUT2D eigenvalue weighted by Gasteiger charge is -2.18. The van der Waals surface area contributed by atoms with Gasteiger partial charge in [0.15, 0.2) is 0 Å². The van der Waals surface area contributed by atoms with E-state index >= 15 is 0 Å². The van der Waals surface area contributed by atoms with Crippen LogP contribution in [0.5, 0.6) is 0 Å². The number of nitrogens with one attached hydrogen (secondary N) is 1. The van der Waals surface area contributed by atoms with Gasteiger partial charge in [0.1, 0.15) is 0 Å². The van der Waals surface area contributed by atoms with Crippen LogP contribution in [-0.4, -0.2) is 48.8 Å². The Morgan fingerprint density at radius 1 is 1.52 bits per heavy atom. The number of halogens is 1. The number of hydrogen-bond donors (Lipinski definition) is 2. The van der Waals surface area contributed by atoms with E-state index in [4.69, 9.17) is 21.4 Å². The molecule has 1 aromatic rings. The van der Waals surface area contributed by atoms with Crippen molar-refractivity contribution in [2.75, 3.05) is 32.1 Å². The number of rotatable bonds is 4. The number of nitrogens with zero attached hydrogens (tertiary/aromatic N) is 1. The zero-order chi connectivity index (χ0) is 15.4. The number of carboxylic acids is 1. The lowest BCUT2D eigenvalue weighted by Crippen LogP contribution is -2.33. The van der Waals surface area contributed by atoms with Crippen LogP contribution in [0, 0.1) is 5.92 Å². The van der Waals surface area contributed by atoms with Gasteiger partial charge in [-0.1, -0.05) is 11.6 Å². The molecule has 1 heterocycles. The van der Waals surface area contributed by atoms with Crippen molar-refractivity contribution in [2.45, 2.75) is 6.42 Å². The molecule has 2 rings (SSSR count). The predicted octanol–water partition coefficient (Wildman–Crippen LogP) is 2.54. The highest BCUT2D eigenvalue weighted by molar-refractivity contribution is 6.31. The number of carbonyl (C=O) groups excluding carboxylic acids is 1. The summed E-state index contributed by atoms with van der Waals surface area (Å²) in [5.74, 6) is -0.792. The van der Waals surface area contributed by atoms with E-state index in [1.54, 1.807) is 12.0 Å². The zero-order valence-electron chi connectivity index (χ0n) is 11.6. The Labute approximate surface area is 127 Å². The van der Waals surface area contributed by atoms with Crippen molar-refractivity contribution in [2.24, 2.45) is 5.92 Å². The summed E-state index contributed by atoms with van der Waals surface area (Å²) >= 11 is 5.85. The molecule has 0 bridgehead atoms. The maximum atomic E-state index is 12.2. The number of amides is 2. The fourth-order valence-electron chi connectivity index (χ4n) is 2.39. The Morgan fingerprint density at radius 2 is 2.29 bits per heavy atom. The van der Waals surface area contributed by atoms with Crippen LogP contribution in [-0.2, 0) is 4.74 Å². The second-order valence-electron chi connectivity index (χ2n) is 4.98. The van der Waals surface area contributed by atoms with E-state index in [9.17, 15) is 9.59 Å². The molecule has 1 unspecified atom stereocenters. The predicted molar refractivity (Wildman–Crippen MR) is 79.0 cm³/mol. The fraction of sp³-hybridized carbons (Fsp3) is 0.429. The quantitative estimate of drug-likeness (QED) is 0.895. The summed E-state index contributed by atoms with van der Waals surface area (Å²) in [6.07, 6.45) is 0.878. The van der Waals surface area contributed by atoms with E-state index in [1.165, 1.54) is 18.2 Å². The summed E-state index contributed by atoms with van der Waals surface area (Å²) in [5, 5.41) is 12.1. The van der Waals surface area contributed by atoms with E-state index in [-0.39, 0.29) is 17.3 Å². The summed E-state index contributed by atoms with van der Waals surface area (Å²) in [6.45, 7) is 1.84. The molecule has 0 aromatic heterocycles. The summed E-state index contributed by atoms with van der Waals surface area (Å²) in [4.78, 5) is 25.0. The number of urea groups is 1. The molecule has 2 N–H and O–H groups in total. The second kappa shape index (κ2) is 6.78. The number of ether oxygens (including phenoxy) is 1. The first kappa shape index (κ1) is 15.6. The second-order valence-corrected chi connectivity index (χ2v) is 5.42. The molecule has 2 amide bonds. The van der Waals surface area contributed by atoms with Crippen molar-refractivity contribution in [3.63, 3.8) is 0 Å². The molecular formula is C14H17ClN2O4. The van der Waals surface area contributed by atoms with Crippen molar-refractivity contribution in [1.29, 1.82) is 0 Å². The summed E-state index contributed by atoms with van der Waals surface area (Å²) < 4.78 is 5.08. The Morgan fingerprint density at radius 3 is 2.95 bits per heavy atom. The molecule has 7 heteroatoms. The van der Waals surface area contributed by atoms with E-state index in [0.29, 0.717) is 30.6 Å². The van der Waals surface area contributed by atoms with Gasteiger partial charge in [-0.25, -0.2) is 9.59 Å². The van der Waals surface area contributed by atoms with Crippen LogP contribution in [0.3, 0.4) is 0 Å². The molecule has 114 valence electrons. The minimum atomic E-state index is -1.11. The summed E-state index contributed by atoms with van der Waals surface area (Å²) in [5.41, 5.74) is 0.218. The molecule has 1 fully saturated rings. The molecule has 1 aromatic carbocycles. The van der Waals surface area contributed by atoms with Gasteiger partial charge in [-0.2, -0.15) is 0 Å². The number of hydrogen-bond acceptors (Lipinski definition) is 3. The SMILES string of the molecule is COCC1CCN(C(=O)Nc2cc(Cl)ccc2C(=O)O)C1. The normalized spacial score (nSPS) is 17.8. The maximum Gasteiger partial charge on any atom is 0.337 e. The molecule has 0 radical (unpaired) electrons. The molecule has 0 spiro atoms. The van der Waals surface area contributed by atoms with E-state index in [2.05, 4.69) is 5.32 Å². The summed E-state index contributed by atoms with van der Waals surface area (Å²) in [7, 11) is 1.63. The van der Waals surface area contributed by atoms with Crippen molar-refractivity contribution in [3.8, 4) is 0 Å². The number of likely N-dealkylation sites (tertiary alicyclic amines) is 1. The maximum absolute atomic E-state index is 12.2. The van der Waals surface area contributed by atoms with Gasteiger partial charge < -0.3 is 20.1 Å². The smallest absolute Gasteiger partial charge is 0.337 e. The minimum absolute atomic E-state index is 0.0142. The van der Waals surface area contributed by atoms with Crippen LogP contribution in [0.1, 0.15) is 16.8 Å². The van der Waals surface area contributed by atoms with Gasteiger partial charge >= 0.3 is 12.0 Å². The van der Waals surface area contributed by atoms with E-state index < -0.39 is 5.97 Å². The topological polar surface area (TPSA) is 78.9 Å². The Hall–Kier alpha value is -1.79. The van der Waals surface area contributed by atoms with Gasteiger partial charge in [0.2, 0.25) is 0 Å². The zero-order valence-corrected chi connectivity index (χ0v) is 12.4. The van der Waals surface area contributed by atoms with Crippen LogP contribution in [0.4, 0.5) is 10.5 Å². The minimum Gasteiger partial charge on any atom is -0.478 e. The monoisotopic (exact) mass is 312 g/mol. The fourth-order valence-corrected chi connectivity index (χ4v) is 2.56. The van der Waals surface area contributed by atoms with Gasteiger partial charge in [-0.15, -0.1) is 0 Å². The number of methoxy groups -OCH3 is 1. The number of carboxylic acid groups (broad SMARTS) is 1. The number of anilines is 1. The Balaban J connectivity index is 2.06. The Kier molecular flexibility index (Phi) is 5.03. The highest BCUT2D eigenvalue weighted by Crippen LogP contribution is 2.23. The van der Waals surface area contributed by atoms with E-state index in [0.717, 1.165) is 6.42 Å². The van der Waals surface area contributed by atoms with Crippen LogP contribution >= 0.6 is 11.6 Å². The van der Waals surface area contributed by atoms with Gasteiger partial charge in [0, 0.05) is 31.1 Å². The van der Waals surface area contributed by atoms with Crippen molar-refractivity contribution in [1.82, 2.24) is 4.90 Å². The molecule has 0 saturated carbocycles. The van der Waals surface area contributed by atoms with Gasteiger partial charge in [-0.3, -0.25) is 0 Å². The standard InChI is InChI=1S/C14H17ClN2O4/c1-21-8-9-4-5-17(7-9)14(20)16-12-6-10(15)2-3-11(12)13(18)19/h2-3,6,9H,4-5,7-8H2,1H3,(H,16,20)(H,18,19). The first-order valence-corrected chi connectivity index (χ1v) is 6.96. The average Bonchev–Trinajstić information content (AvgIpc) is 2.87. The highest BCUT2D eigenvalue weighted by Gasteiger charge is 2.26. The number of carbonyl (C=O) groups is 2. The molecule has 21 heavy (non-hydrogen) atoms. The molecule has 0 aliphatic carbocycles. The van der Waals surface area contributed by atoms with Crippen LogP contribution < -0.4 is 5.32 Å². The van der Waals surface area contributed by atoms with Crippen molar-refractivity contribution < 1.29 is 19.4 Å². The summed E-state index contributed by atoms with van der Waals surface area (Å²) in [6, 6.07) is 3.97. The van der Waals surface area contributed by atoms with Crippen LogP contribution in [0.25, 0.3) is 0 Å². The first-order chi connectivity index (χ1) is 10.0. The van der Waals surface area contributed by atoms with Crippen molar-refractivity contribution >= 4 is 29.3 Å². The van der Waals surface area contributed by atoms with E-state index in [1.807, 2.05) is 0 Å². The Bertz CT molecular complexity index is 550. The molecule has 1 saturated heterocycles. The highest BCUT2D eigenvalue weighted by atomic mass is 35.5. The lowest BCUT2D eigenvalue weighted by molar-refractivity contribution is 0.0698. The third kappa shape index (κ3) is 3.86. The third-order valence-corrected chi connectivity index (χ3v) is 3.66. The largest absolute Gasteiger partial charge is 0.478 e. The number of benzene rings is 1. The van der Waals surface area contributed by atoms with Crippen LogP contribution in [0.15, 0.2) is 18.2 Å². The molecule has 6 nitrogen and oxygen atoms in total. The average molecular weight is 313 g/mol. The molecule has 1 atom stereocenters. The first-order valence-electron chi connectivity index (χ1n) is 6.59. The molecule has 1 aliphatic rings. The van der Waals surface area contributed by atoms with Gasteiger partial charge in [-0.05, 0) is 24.6 Å². The lowest BCUT2D eigenvalue weighted by atomic mass is 10.1. The number of aromatic carboxylic acids is 1. The third-order valence-electron chi connectivity index (χ3n) is 3.43. The molecular weight excluding hydrogens is 296 g/mol. The molecule has 1 aliphatic heterocycles. The van der Waals surface area contributed by atoms with Gasteiger partial charge in [0.25, 0.3) is 0 Å². The van der Waals surface area contributed by atoms with Crippen LogP contribution in [0.2, 0.25) is 5.02 Å². The van der Waals surface area contributed by atoms with Crippen molar-refractivity contribution in [3.05, 3.63) is 28.8 Å².